The summed E-state index contributed by atoms with van der Waals surface area (Å²) >= 11 is 0. The predicted octanol–water partition coefficient (Wildman–Crippen LogP) is 3.60. The summed E-state index contributed by atoms with van der Waals surface area (Å²) in [6.07, 6.45) is 5.67. The van der Waals surface area contributed by atoms with Gasteiger partial charge in [0.25, 0.3) is 0 Å². The summed E-state index contributed by atoms with van der Waals surface area (Å²) in [4.78, 5) is 30.4. The number of hydrogen-bond acceptors (Lipinski definition) is 6. The summed E-state index contributed by atoms with van der Waals surface area (Å²) in [6, 6.07) is 12.8. The first-order chi connectivity index (χ1) is 18.5. The summed E-state index contributed by atoms with van der Waals surface area (Å²) in [5.74, 6) is -0.571. The highest BCUT2D eigenvalue weighted by atomic mass is 19.1. The van der Waals surface area contributed by atoms with E-state index in [1.807, 2.05) is 31.2 Å². The molecule has 10 heteroatoms. The number of carbonyl (C=O) groups excluding carboxylic acids is 2. The van der Waals surface area contributed by atoms with Crippen LogP contribution in [0.15, 0.2) is 48.5 Å². The van der Waals surface area contributed by atoms with Crippen LogP contribution >= 0.6 is 0 Å². The molecule has 0 radical (unpaired) electrons. The molecule has 0 spiro atoms. The molecule has 38 heavy (non-hydrogen) atoms. The van der Waals surface area contributed by atoms with Crippen LogP contribution in [0.25, 0.3) is 11.4 Å². The molecule has 3 aromatic rings. The minimum atomic E-state index is -0.812. The Kier molecular flexibility index (Phi) is 8.07. The minimum absolute atomic E-state index is 0.116. The molecule has 1 saturated heterocycles. The van der Waals surface area contributed by atoms with Gasteiger partial charge in [-0.25, -0.2) is 4.39 Å². The van der Waals surface area contributed by atoms with E-state index in [1.165, 1.54) is 16.9 Å². The van der Waals surface area contributed by atoms with Crippen molar-refractivity contribution in [2.45, 2.75) is 70.2 Å². The third-order valence-electron chi connectivity index (χ3n) is 7.23. The Labute approximate surface area is 221 Å². The number of benzene rings is 2. The van der Waals surface area contributed by atoms with E-state index in [-0.39, 0.29) is 48.7 Å². The van der Waals surface area contributed by atoms with Crippen molar-refractivity contribution >= 4 is 11.8 Å². The van der Waals surface area contributed by atoms with E-state index in [4.69, 9.17) is 4.74 Å². The Bertz CT molecular complexity index is 1230. The topological polar surface area (TPSA) is 102 Å². The fourth-order valence-electron chi connectivity index (χ4n) is 5.17. The maximum Gasteiger partial charge on any atom is 0.247 e. The molecule has 2 aliphatic rings. The highest BCUT2D eigenvalue weighted by Gasteiger charge is 2.35. The highest BCUT2D eigenvalue weighted by molar-refractivity contribution is 5.89. The van der Waals surface area contributed by atoms with E-state index in [1.54, 1.807) is 17.0 Å². The highest BCUT2D eigenvalue weighted by Crippen LogP contribution is 2.27. The Hall–Kier alpha value is -3.66. The van der Waals surface area contributed by atoms with Gasteiger partial charge in [-0.15, -0.1) is 10.2 Å². The number of ether oxygens (including phenoxy) is 1. The Morgan fingerprint density at radius 2 is 1.82 bits per heavy atom. The van der Waals surface area contributed by atoms with Gasteiger partial charge in [0.05, 0.1) is 6.10 Å². The smallest absolute Gasteiger partial charge is 0.247 e. The summed E-state index contributed by atoms with van der Waals surface area (Å²) in [7, 11) is 0. The second kappa shape index (κ2) is 11.8. The number of hydrogen-bond donors (Lipinski definition) is 1. The van der Waals surface area contributed by atoms with Crippen LogP contribution in [0.4, 0.5) is 4.39 Å². The van der Waals surface area contributed by atoms with Crippen molar-refractivity contribution in [1.29, 1.82) is 0 Å². The summed E-state index contributed by atoms with van der Waals surface area (Å²) in [5.41, 5.74) is 2.41. The van der Waals surface area contributed by atoms with Crippen molar-refractivity contribution in [2.75, 3.05) is 13.2 Å². The van der Waals surface area contributed by atoms with E-state index >= 15 is 0 Å². The third kappa shape index (κ3) is 6.24. The normalized spacial score (nSPS) is 18.4. The molecule has 9 nitrogen and oxygen atoms in total. The molecule has 1 aliphatic heterocycles. The number of nitrogens with zero attached hydrogens (tertiary/aromatic N) is 5. The van der Waals surface area contributed by atoms with Crippen molar-refractivity contribution in [3.8, 4) is 11.4 Å². The fraction of sp³-hybridized carbons (Fsp3) is 0.464. The van der Waals surface area contributed by atoms with E-state index < -0.39 is 6.04 Å². The van der Waals surface area contributed by atoms with Gasteiger partial charge in [-0.2, -0.15) is 4.80 Å². The van der Waals surface area contributed by atoms with Gasteiger partial charge in [-0.1, -0.05) is 42.7 Å². The molecule has 1 aromatic heterocycles. The van der Waals surface area contributed by atoms with Crippen molar-refractivity contribution in [3.63, 3.8) is 0 Å². The van der Waals surface area contributed by atoms with Gasteiger partial charge in [0.15, 0.2) is 0 Å². The first-order valence-electron chi connectivity index (χ1n) is 13.3. The van der Waals surface area contributed by atoms with Gasteiger partial charge >= 0.3 is 0 Å². The minimum Gasteiger partial charge on any atom is -0.376 e. The molecular weight excluding hydrogens is 487 g/mol. The number of nitrogens with one attached hydrogen (secondary N) is 1. The molecule has 2 heterocycles. The predicted molar refractivity (Wildman–Crippen MR) is 138 cm³/mol. The summed E-state index contributed by atoms with van der Waals surface area (Å²) in [5, 5.41) is 15.6. The first kappa shape index (κ1) is 26.0. The van der Waals surface area contributed by atoms with Crippen LogP contribution in [-0.2, 0) is 20.9 Å². The third-order valence-corrected chi connectivity index (χ3v) is 7.23. The average molecular weight is 521 g/mol. The van der Waals surface area contributed by atoms with Crippen LogP contribution in [0.5, 0.6) is 0 Å². The molecule has 1 aliphatic carbocycles. The molecule has 1 saturated carbocycles. The van der Waals surface area contributed by atoms with Crippen LogP contribution in [0.1, 0.15) is 55.7 Å². The Balaban J connectivity index is 1.42. The Morgan fingerprint density at radius 1 is 1.08 bits per heavy atom. The second-order valence-electron chi connectivity index (χ2n) is 10.1. The lowest BCUT2D eigenvalue weighted by Crippen LogP contribution is -2.49. The van der Waals surface area contributed by atoms with Gasteiger partial charge in [-0.3, -0.25) is 9.59 Å². The summed E-state index contributed by atoms with van der Waals surface area (Å²) in [6.45, 7) is 2.72. The van der Waals surface area contributed by atoms with Crippen molar-refractivity contribution in [2.24, 2.45) is 0 Å². The van der Waals surface area contributed by atoms with Gasteiger partial charge in [0.1, 0.15) is 18.4 Å². The SMILES string of the molecule is Cc1ccc([C@H](C(=O)NC2CCCC2)N(C[C@H]2CCCO2)C(=O)Cn2nnc(-c3ccc(F)cc3)n2)cc1. The van der Waals surface area contributed by atoms with Crippen LogP contribution in [0.2, 0.25) is 0 Å². The maximum atomic E-state index is 13.8. The van der Waals surface area contributed by atoms with E-state index in [0.717, 1.165) is 49.7 Å². The molecule has 5 rings (SSSR count). The first-order valence-corrected chi connectivity index (χ1v) is 13.3. The lowest BCUT2D eigenvalue weighted by atomic mass is 10.0. The number of carbonyl (C=O) groups is 2. The number of halogens is 1. The number of tetrazole rings is 1. The van der Waals surface area contributed by atoms with Crippen molar-refractivity contribution in [1.82, 2.24) is 30.4 Å². The van der Waals surface area contributed by atoms with Crippen LogP contribution in [-0.4, -0.2) is 62.2 Å². The lowest BCUT2D eigenvalue weighted by Gasteiger charge is -2.33. The number of rotatable bonds is 9. The monoisotopic (exact) mass is 520 g/mol. The van der Waals surface area contributed by atoms with Gasteiger partial charge < -0.3 is 15.0 Å². The molecule has 0 unspecified atom stereocenters. The number of aromatic nitrogens is 4. The van der Waals surface area contributed by atoms with E-state index in [0.29, 0.717) is 12.2 Å². The van der Waals surface area contributed by atoms with Crippen LogP contribution in [0, 0.1) is 12.7 Å². The zero-order valence-corrected chi connectivity index (χ0v) is 21.6. The van der Waals surface area contributed by atoms with Crippen LogP contribution in [0.3, 0.4) is 0 Å². The van der Waals surface area contributed by atoms with Gasteiger partial charge in [-0.05, 0) is 67.6 Å². The summed E-state index contributed by atoms with van der Waals surface area (Å²) < 4.78 is 19.2. The maximum absolute atomic E-state index is 13.8. The second-order valence-corrected chi connectivity index (χ2v) is 10.1. The van der Waals surface area contributed by atoms with E-state index in [2.05, 4.69) is 20.7 Å². The fourth-order valence-corrected chi connectivity index (χ4v) is 5.17. The van der Waals surface area contributed by atoms with Gasteiger partial charge in [0.2, 0.25) is 17.6 Å². The van der Waals surface area contributed by atoms with Crippen molar-refractivity contribution in [3.05, 3.63) is 65.5 Å². The molecule has 2 amide bonds. The largest absolute Gasteiger partial charge is 0.376 e. The lowest BCUT2D eigenvalue weighted by molar-refractivity contribution is -0.143. The van der Waals surface area contributed by atoms with E-state index in [9.17, 15) is 14.0 Å². The van der Waals surface area contributed by atoms with Crippen molar-refractivity contribution < 1.29 is 18.7 Å². The molecule has 0 bridgehead atoms. The molecule has 2 atom stereocenters. The quantitative estimate of drug-likeness (QED) is 0.463. The number of aryl methyl sites for hydroxylation is 1. The number of amides is 2. The van der Waals surface area contributed by atoms with Crippen LogP contribution < -0.4 is 5.32 Å². The zero-order valence-electron chi connectivity index (χ0n) is 21.6. The average Bonchev–Trinajstić information content (AvgIpc) is 3.69. The standard InChI is InChI=1S/C28H33FN6O3/c1-19-8-10-20(11-9-19)26(28(37)30-23-5-2-3-6-23)34(17-24-7-4-16-38-24)25(36)18-35-32-27(31-33-35)21-12-14-22(29)15-13-21/h8-15,23-24,26H,2-7,16-18H2,1H3,(H,30,37)/t24-,26-/m1/s1. The molecule has 2 aromatic carbocycles. The Morgan fingerprint density at radius 3 is 2.50 bits per heavy atom. The van der Waals surface area contributed by atoms with Gasteiger partial charge in [0, 0.05) is 24.8 Å². The molecule has 200 valence electrons. The zero-order chi connectivity index (χ0) is 26.5. The molecule has 1 N–H and O–H groups in total. The molecule has 2 fully saturated rings. The molecular formula is C28H33FN6O3.